The molecule has 1 aromatic rings. The van der Waals surface area contributed by atoms with E-state index in [9.17, 15) is 4.79 Å². The van der Waals surface area contributed by atoms with Crippen molar-refractivity contribution in [2.45, 2.75) is 20.0 Å². The summed E-state index contributed by atoms with van der Waals surface area (Å²) in [7, 11) is 0. The molecular weight excluding hydrogens is 178 g/mol. The number of nitrogens with zero attached hydrogens (tertiary/aromatic N) is 1. The Morgan fingerprint density at radius 1 is 1.50 bits per heavy atom. The number of benzene rings is 1. The molecule has 2 rings (SSSR count). The van der Waals surface area contributed by atoms with Gasteiger partial charge in [0.15, 0.2) is 0 Å². The Balaban J connectivity index is 2.27. The highest BCUT2D eigenvalue weighted by Gasteiger charge is 2.29. The van der Waals surface area contributed by atoms with E-state index in [-0.39, 0.29) is 12.2 Å². The van der Waals surface area contributed by atoms with Gasteiger partial charge in [0.05, 0.1) is 6.54 Å². The minimum Gasteiger partial charge on any atom is -0.444 e. The maximum atomic E-state index is 11.4. The van der Waals surface area contributed by atoms with Gasteiger partial charge < -0.3 is 4.74 Å². The minimum atomic E-state index is -0.247. The number of anilines is 1. The van der Waals surface area contributed by atoms with E-state index in [0.29, 0.717) is 6.54 Å². The van der Waals surface area contributed by atoms with E-state index >= 15 is 0 Å². The Kier molecular flexibility index (Phi) is 2.15. The molecule has 1 saturated heterocycles. The van der Waals surface area contributed by atoms with Crippen molar-refractivity contribution in [3.63, 3.8) is 0 Å². The second kappa shape index (κ2) is 3.33. The van der Waals surface area contributed by atoms with Crippen LogP contribution in [0.1, 0.15) is 12.5 Å². The fraction of sp³-hybridized carbons (Fsp3) is 0.364. The fourth-order valence-corrected chi connectivity index (χ4v) is 1.61. The minimum absolute atomic E-state index is 0.0111. The Morgan fingerprint density at radius 3 is 2.86 bits per heavy atom. The van der Waals surface area contributed by atoms with E-state index in [4.69, 9.17) is 4.74 Å². The summed E-state index contributed by atoms with van der Waals surface area (Å²) >= 11 is 0. The van der Waals surface area contributed by atoms with Crippen LogP contribution in [-0.4, -0.2) is 18.7 Å². The van der Waals surface area contributed by atoms with Crippen molar-refractivity contribution in [1.29, 1.82) is 0 Å². The zero-order chi connectivity index (χ0) is 10.1. The molecule has 1 atom stereocenters. The van der Waals surface area contributed by atoms with Crippen molar-refractivity contribution in [1.82, 2.24) is 0 Å². The second-order valence-corrected chi connectivity index (χ2v) is 3.64. The van der Waals surface area contributed by atoms with Crippen LogP contribution in [0.3, 0.4) is 0 Å². The molecule has 0 aliphatic carbocycles. The van der Waals surface area contributed by atoms with Gasteiger partial charge in [-0.3, -0.25) is 4.90 Å². The zero-order valence-electron chi connectivity index (χ0n) is 8.36. The van der Waals surface area contributed by atoms with Crippen molar-refractivity contribution in [2.75, 3.05) is 11.4 Å². The molecule has 14 heavy (non-hydrogen) atoms. The number of carbonyl (C=O) groups is 1. The summed E-state index contributed by atoms with van der Waals surface area (Å²) in [5.41, 5.74) is 2.06. The van der Waals surface area contributed by atoms with Gasteiger partial charge in [-0.2, -0.15) is 0 Å². The molecule has 1 aliphatic rings. The smallest absolute Gasteiger partial charge is 0.414 e. The highest BCUT2D eigenvalue weighted by Crippen LogP contribution is 2.21. The van der Waals surface area contributed by atoms with E-state index in [0.717, 1.165) is 11.3 Å². The van der Waals surface area contributed by atoms with E-state index in [1.807, 2.05) is 38.1 Å². The van der Waals surface area contributed by atoms with E-state index in [1.165, 1.54) is 0 Å². The van der Waals surface area contributed by atoms with Crippen molar-refractivity contribution in [2.24, 2.45) is 0 Å². The number of hydrogen-bond donors (Lipinski definition) is 0. The van der Waals surface area contributed by atoms with Crippen molar-refractivity contribution < 1.29 is 9.53 Å². The number of carbonyl (C=O) groups excluding carboxylic acids is 1. The largest absolute Gasteiger partial charge is 0.444 e. The standard InChI is InChI=1S/C11H13NO2/c1-8-4-3-5-10(6-8)12-7-9(2)14-11(12)13/h3-6,9H,7H2,1-2H3. The first-order valence-electron chi connectivity index (χ1n) is 4.71. The van der Waals surface area contributed by atoms with Crippen LogP contribution in [0, 0.1) is 6.92 Å². The van der Waals surface area contributed by atoms with Gasteiger partial charge in [-0.05, 0) is 31.5 Å². The topological polar surface area (TPSA) is 29.5 Å². The van der Waals surface area contributed by atoms with Crippen LogP contribution in [0.5, 0.6) is 0 Å². The Labute approximate surface area is 83.3 Å². The molecule has 0 radical (unpaired) electrons. The highest BCUT2D eigenvalue weighted by atomic mass is 16.6. The van der Waals surface area contributed by atoms with Crippen molar-refractivity contribution in [3.8, 4) is 0 Å². The van der Waals surface area contributed by atoms with Gasteiger partial charge in [-0.25, -0.2) is 4.79 Å². The van der Waals surface area contributed by atoms with E-state index < -0.39 is 0 Å². The maximum Gasteiger partial charge on any atom is 0.414 e. The molecular formula is C11H13NO2. The number of hydrogen-bond acceptors (Lipinski definition) is 2. The van der Waals surface area contributed by atoms with Crippen LogP contribution in [-0.2, 0) is 4.74 Å². The quantitative estimate of drug-likeness (QED) is 0.681. The first-order valence-corrected chi connectivity index (χ1v) is 4.71. The summed E-state index contributed by atoms with van der Waals surface area (Å²) < 4.78 is 5.06. The molecule has 74 valence electrons. The lowest BCUT2D eigenvalue weighted by Crippen LogP contribution is -2.23. The summed E-state index contributed by atoms with van der Waals surface area (Å²) in [6.45, 7) is 4.55. The third-order valence-electron chi connectivity index (χ3n) is 2.28. The molecule has 1 aliphatic heterocycles. The summed E-state index contributed by atoms with van der Waals surface area (Å²) in [4.78, 5) is 13.1. The van der Waals surface area contributed by atoms with Gasteiger partial charge in [0.2, 0.25) is 0 Å². The van der Waals surface area contributed by atoms with Crippen LogP contribution in [0.15, 0.2) is 24.3 Å². The third-order valence-corrected chi connectivity index (χ3v) is 2.28. The lowest BCUT2D eigenvalue weighted by Gasteiger charge is -2.12. The Hall–Kier alpha value is -1.51. The average molecular weight is 191 g/mol. The molecule has 0 bridgehead atoms. The van der Waals surface area contributed by atoms with Crippen molar-refractivity contribution >= 4 is 11.8 Å². The monoisotopic (exact) mass is 191 g/mol. The second-order valence-electron chi connectivity index (χ2n) is 3.64. The number of ether oxygens (including phenoxy) is 1. The van der Waals surface area contributed by atoms with Crippen LogP contribution < -0.4 is 4.90 Å². The molecule has 0 N–H and O–H groups in total. The van der Waals surface area contributed by atoms with Gasteiger partial charge >= 0.3 is 6.09 Å². The van der Waals surface area contributed by atoms with E-state index in [2.05, 4.69) is 0 Å². The average Bonchev–Trinajstić information content (AvgIpc) is 2.45. The normalized spacial score (nSPS) is 21.1. The molecule has 1 heterocycles. The molecule has 1 fully saturated rings. The molecule has 1 unspecified atom stereocenters. The van der Waals surface area contributed by atoms with Gasteiger partial charge in [-0.1, -0.05) is 12.1 Å². The first kappa shape index (κ1) is 9.06. The molecule has 3 heteroatoms. The Bertz CT molecular complexity index is 362. The molecule has 1 aromatic carbocycles. The lowest BCUT2D eigenvalue weighted by atomic mass is 10.2. The van der Waals surface area contributed by atoms with E-state index in [1.54, 1.807) is 4.90 Å². The zero-order valence-corrected chi connectivity index (χ0v) is 8.36. The highest BCUT2D eigenvalue weighted by molar-refractivity contribution is 5.89. The predicted molar refractivity (Wildman–Crippen MR) is 54.5 cm³/mol. The summed E-state index contributed by atoms with van der Waals surface area (Å²) in [6, 6.07) is 7.86. The number of amides is 1. The van der Waals surface area contributed by atoms with Crippen LogP contribution in [0.2, 0.25) is 0 Å². The van der Waals surface area contributed by atoms with Gasteiger partial charge in [0, 0.05) is 5.69 Å². The fourth-order valence-electron chi connectivity index (χ4n) is 1.61. The molecule has 1 amide bonds. The predicted octanol–water partition coefficient (Wildman–Crippen LogP) is 2.34. The SMILES string of the molecule is Cc1cccc(N2CC(C)OC2=O)c1. The number of cyclic esters (lactones) is 1. The lowest BCUT2D eigenvalue weighted by molar-refractivity contribution is 0.150. The van der Waals surface area contributed by atoms with Gasteiger partial charge in [0.25, 0.3) is 0 Å². The number of rotatable bonds is 1. The summed E-state index contributed by atoms with van der Waals surface area (Å²) in [5.74, 6) is 0. The summed E-state index contributed by atoms with van der Waals surface area (Å²) in [5, 5.41) is 0. The van der Waals surface area contributed by atoms with Gasteiger partial charge in [-0.15, -0.1) is 0 Å². The molecule has 0 aromatic heterocycles. The van der Waals surface area contributed by atoms with Crippen molar-refractivity contribution in [3.05, 3.63) is 29.8 Å². The maximum absolute atomic E-state index is 11.4. The molecule has 3 nitrogen and oxygen atoms in total. The Morgan fingerprint density at radius 2 is 2.29 bits per heavy atom. The molecule has 0 spiro atoms. The van der Waals surface area contributed by atoms with Crippen LogP contribution in [0.4, 0.5) is 10.5 Å². The third kappa shape index (κ3) is 1.58. The first-order chi connectivity index (χ1) is 6.66. The molecule has 0 saturated carbocycles. The number of aryl methyl sites for hydroxylation is 1. The van der Waals surface area contributed by atoms with Crippen LogP contribution >= 0.6 is 0 Å². The summed E-state index contributed by atoms with van der Waals surface area (Å²) in [6.07, 6.45) is -0.258. The van der Waals surface area contributed by atoms with Gasteiger partial charge in [0.1, 0.15) is 6.10 Å². The van der Waals surface area contributed by atoms with Crippen LogP contribution in [0.25, 0.3) is 0 Å².